The highest BCUT2D eigenvalue weighted by Crippen LogP contribution is 2.36. The highest BCUT2D eigenvalue weighted by Gasteiger charge is 2.52. The van der Waals surface area contributed by atoms with Gasteiger partial charge in [-0.15, -0.1) is 0 Å². The minimum atomic E-state index is -0.914. The molecule has 0 radical (unpaired) electrons. The predicted molar refractivity (Wildman–Crippen MR) is 67.3 cm³/mol. The van der Waals surface area contributed by atoms with E-state index in [0.717, 1.165) is 4.90 Å². The first-order valence-corrected chi connectivity index (χ1v) is 6.14. The van der Waals surface area contributed by atoms with Crippen LogP contribution in [0.5, 0.6) is 0 Å². The summed E-state index contributed by atoms with van der Waals surface area (Å²) in [4.78, 5) is 36.8. The third-order valence-electron chi connectivity index (χ3n) is 2.88. The third kappa shape index (κ3) is 3.24. The average molecular weight is 271 g/mol. The number of imide groups is 1. The van der Waals surface area contributed by atoms with Crippen molar-refractivity contribution >= 4 is 18.0 Å². The Labute approximate surface area is 113 Å². The van der Waals surface area contributed by atoms with Crippen molar-refractivity contribution in [1.29, 1.82) is 0 Å². The van der Waals surface area contributed by atoms with Crippen molar-refractivity contribution in [2.75, 3.05) is 7.11 Å². The molecule has 1 aliphatic heterocycles. The lowest BCUT2D eigenvalue weighted by Gasteiger charge is -2.26. The van der Waals surface area contributed by atoms with Crippen LogP contribution in [0, 0.1) is 5.41 Å². The van der Waals surface area contributed by atoms with Gasteiger partial charge in [0.2, 0.25) is 5.91 Å². The molecule has 1 aliphatic rings. The van der Waals surface area contributed by atoms with Crippen LogP contribution in [-0.4, -0.2) is 41.6 Å². The van der Waals surface area contributed by atoms with E-state index < -0.39 is 35.0 Å². The maximum atomic E-state index is 12.2. The van der Waals surface area contributed by atoms with Crippen LogP contribution in [0.1, 0.15) is 41.0 Å². The van der Waals surface area contributed by atoms with E-state index >= 15 is 0 Å². The monoisotopic (exact) mass is 271 g/mol. The first-order valence-electron chi connectivity index (χ1n) is 6.14. The Balaban J connectivity index is 3.03. The average Bonchev–Trinajstić information content (AvgIpc) is 2.47. The maximum Gasteiger partial charge on any atom is 0.417 e. The number of nitrogens with zero attached hydrogens (tertiary/aromatic N) is 1. The normalized spacial score (nSPS) is 22.3. The van der Waals surface area contributed by atoms with Crippen LogP contribution in [-0.2, 0) is 19.1 Å². The van der Waals surface area contributed by atoms with Crippen molar-refractivity contribution in [3.63, 3.8) is 0 Å². The van der Waals surface area contributed by atoms with Gasteiger partial charge in [0.1, 0.15) is 11.6 Å². The zero-order valence-corrected chi connectivity index (χ0v) is 12.3. The Kier molecular flexibility index (Phi) is 3.93. The number of amides is 2. The fraction of sp³-hybridized carbons (Fsp3) is 0.769. The molecule has 0 N–H and O–H groups in total. The van der Waals surface area contributed by atoms with Crippen molar-refractivity contribution in [1.82, 2.24) is 4.90 Å². The summed E-state index contributed by atoms with van der Waals surface area (Å²) in [5.74, 6) is -1.03. The number of carbonyl (C=O) groups excluding carboxylic acids is 3. The van der Waals surface area contributed by atoms with Crippen molar-refractivity contribution in [2.45, 2.75) is 52.7 Å². The van der Waals surface area contributed by atoms with E-state index in [1.165, 1.54) is 7.11 Å². The molecule has 1 heterocycles. The number of ether oxygens (including phenoxy) is 2. The summed E-state index contributed by atoms with van der Waals surface area (Å²) in [6, 6.07) is -0.914. The summed E-state index contributed by atoms with van der Waals surface area (Å²) >= 11 is 0. The van der Waals surface area contributed by atoms with Gasteiger partial charge in [-0.3, -0.25) is 4.79 Å². The fourth-order valence-electron chi connectivity index (χ4n) is 1.98. The lowest BCUT2D eigenvalue weighted by Crippen LogP contribution is -2.46. The zero-order valence-electron chi connectivity index (χ0n) is 12.3. The molecule has 1 rings (SSSR count). The van der Waals surface area contributed by atoms with Crippen LogP contribution in [0.15, 0.2) is 0 Å². The van der Waals surface area contributed by atoms with Gasteiger partial charge >= 0.3 is 12.1 Å². The Morgan fingerprint density at radius 3 is 2.26 bits per heavy atom. The largest absolute Gasteiger partial charge is 0.467 e. The summed E-state index contributed by atoms with van der Waals surface area (Å²) in [7, 11) is 1.23. The van der Waals surface area contributed by atoms with Crippen molar-refractivity contribution in [3.8, 4) is 0 Å². The molecule has 1 atom stereocenters. The summed E-state index contributed by atoms with van der Waals surface area (Å²) in [5, 5.41) is 0. The number of rotatable bonds is 1. The molecule has 0 aliphatic carbocycles. The maximum absolute atomic E-state index is 12.2. The van der Waals surface area contributed by atoms with Gasteiger partial charge in [-0.2, -0.15) is 0 Å². The van der Waals surface area contributed by atoms with Crippen LogP contribution >= 0.6 is 0 Å². The second-order valence-corrected chi connectivity index (χ2v) is 6.28. The molecule has 0 aromatic carbocycles. The molecule has 0 bridgehead atoms. The molecule has 1 fully saturated rings. The zero-order chi connectivity index (χ0) is 15.0. The molecule has 0 saturated carbocycles. The molecule has 2 amide bonds. The second kappa shape index (κ2) is 4.83. The number of likely N-dealkylation sites (tertiary alicyclic amines) is 1. The number of hydrogen-bond donors (Lipinski definition) is 0. The minimum Gasteiger partial charge on any atom is -0.467 e. The first kappa shape index (κ1) is 15.5. The standard InChI is InChI=1S/C13H21NO5/c1-12(2,3)19-11(17)14-8(9(15)18-6)7-13(4,5)10(14)16/h8H,7H2,1-6H3/t8-/m1/s1. The van der Waals surface area contributed by atoms with E-state index in [1.54, 1.807) is 34.6 Å². The van der Waals surface area contributed by atoms with Gasteiger partial charge in [-0.25, -0.2) is 14.5 Å². The molecular weight excluding hydrogens is 250 g/mol. The molecule has 19 heavy (non-hydrogen) atoms. The number of methoxy groups -OCH3 is 1. The van der Waals surface area contributed by atoms with Crippen molar-refractivity contribution < 1.29 is 23.9 Å². The number of esters is 1. The van der Waals surface area contributed by atoms with E-state index in [1.807, 2.05) is 0 Å². The molecular formula is C13H21NO5. The highest BCUT2D eigenvalue weighted by atomic mass is 16.6. The molecule has 6 heteroatoms. The molecule has 0 aromatic heterocycles. The molecule has 0 unspecified atom stereocenters. The molecule has 0 spiro atoms. The van der Waals surface area contributed by atoms with E-state index in [0.29, 0.717) is 0 Å². The number of carbonyl (C=O) groups is 3. The molecule has 1 saturated heterocycles. The fourth-order valence-corrected chi connectivity index (χ4v) is 1.98. The van der Waals surface area contributed by atoms with Gasteiger partial charge in [0.05, 0.1) is 7.11 Å². The third-order valence-corrected chi connectivity index (χ3v) is 2.88. The van der Waals surface area contributed by atoms with E-state index in [-0.39, 0.29) is 6.42 Å². The molecule has 108 valence electrons. The Bertz CT molecular complexity index is 408. The van der Waals surface area contributed by atoms with E-state index in [4.69, 9.17) is 4.74 Å². The summed E-state index contributed by atoms with van der Waals surface area (Å²) in [6.45, 7) is 8.47. The van der Waals surface area contributed by atoms with Gasteiger partial charge in [0.25, 0.3) is 0 Å². The highest BCUT2D eigenvalue weighted by molar-refractivity contribution is 6.02. The van der Waals surface area contributed by atoms with Crippen LogP contribution in [0.2, 0.25) is 0 Å². The lowest BCUT2D eigenvalue weighted by molar-refractivity contribution is -0.149. The van der Waals surface area contributed by atoms with Crippen LogP contribution in [0.3, 0.4) is 0 Å². The molecule has 6 nitrogen and oxygen atoms in total. The summed E-state index contributed by atoms with van der Waals surface area (Å²) < 4.78 is 9.81. The Morgan fingerprint density at radius 1 is 1.32 bits per heavy atom. The van der Waals surface area contributed by atoms with Crippen LogP contribution < -0.4 is 0 Å². The summed E-state index contributed by atoms with van der Waals surface area (Å²) in [5.41, 5.74) is -1.51. The number of hydrogen-bond acceptors (Lipinski definition) is 5. The van der Waals surface area contributed by atoms with Gasteiger partial charge in [-0.05, 0) is 27.2 Å². The lowest BCUT2D eigenvalue weighted by atomic mass is 9.90. The smallest absolute Gasteiger partial charge is 0.417 e. The van der Waals surface area contributed by atoms with Gasteiger partial charge in [0, 0.05) is 5.41 Å². The SMILES string of the molecule is COC(=O)[C@H]1CC(C)(C)C(=O)N1C(=O)OC(C)(C)C. The first-order chi connectivity index (χ1) is 8.49. The van der Waals surface area contributed by atoms with Gasteiger partial charge in [-0.1, -0.05) is 13.8 Å². The quantitative estimate of drug-likeness (QED) is 0.679. The Morgan fingerprint density at radius 2 is 1.84 bits per heavy atom. The summed E-state index contributed by atoms with van der Waals surface area (Å²) in [6.07, 6.45) is -0.573. The Hall–Kier alpha value is -1.59. The van der Waals surface area contributed by atoms with Crippen LogP contribution in [0.4, 0.5) is 4.79 Å². The molecule has 0 aromatic rings. The predicted octanol–water partition coefficient (Wildman–Crippen LogP) is 1.72. The van der Waals surface area contributed by atoms with Crippen molar-refractivity contribution in [2.24, 2.45) is 5.41 Å². The van der Waals surface area contributed by atoms with Crippen molar-refractivity contribution in [3.05, 3.63) is 0 Å². The minimum absolute atomic E-state index is 0.234. The van der Waals surface area contributed by atoms with Gasteiger partial charge in [0.15, 0.2) is 0 Å². The van der Waals surface area contributed by atoms with Crippen LogP contribution in [0.25, 0.3) is 0 Å². The van der Waals surface area contributed by atoms with E-state index in [2.05, 4.69) is 4.74 Å². The second-order valence-electron chi connectivity index (χ2n) is 6.28. The topological polar surface area (TPSA) is 72.9 Å². The van der Waals surface area contributed by atoms with E-state index in [9.17, 15) is 14.4 Å². The van der Waals surface area contributed by atoms with Gasteiger partial charge < -0.3 is 9.47 Å².